The van der Waals surface area contributed by atoms with Crippen LogP contribution in [0.15, 0.2) is 41.8 Å². The van der Waals surface area contributed by atoms with Gasteiger partial charge in [-0.2, -0.15) is 5.10 Å². The first-order valence-electron chi connectivity index (χ1n) is 8.56. The van der Waals surface area contributed by atoms with Gasteiger partial charge in [0, 0.05) is 45.3 Å². The van der Waals surface area contributed by atoms with Crippen LogP contribution in [0.4, 0.5) is 0 Å². The van der Waals surface area contributed by atoms with Crippen molar-refractivity contribution in [3.8, 4) is 5.82 Å². The van der Waals surface area contributed by atoms with Gasteiger partial charge in [-0.3, -0.25) is 4.99 Å². The summed E-state index contributed by atoms with van der Waals surface area (Å²) in [6.45, 7) is 7.49. The Labute approximate surface area is 166 Å². The van der Waals surface area contributed by atoms with E-state index in [1.807, 2.05) is 31.6 Å². The molecule has 2 aromatic rings. The number of halogens is 1. The van der Waals surface area contributed by atoms with Crippen molar-refractivity contribution in [2.24, 2.45) is 16.8 Å². The first-order valence-corrected chi connectivity index (χ1v) is 8.56. The Balaban J connectivity index is 0.00000225. The lowest BCUT2D eigenvalue weighted by Crippen LogP contribution is -2.48. The number of aromatic nitrogens is 3. The van der Waals surface area contributed by atoms with E-state index in [-0.39, 0.29) is 24.0 Å². The van der Waals surface area contributed by atoms with E-state index in [4.69, 9.17) is 0 Å². The first kappa shape index (κ1) is 19.7. The molecule has 25 heavy (non-hydrogen) atoms. The van der Waals surface area contributed by atoms with Crippen LogP contribution in [0, 0.1) is 11.8 Å². The van der Waals surface area contributed by atoms with E-state index in [1.165, 1.54) is 6.42 Å². The molecule has 0 aromatic carbocycles. The van der Waals surface area contributed by atoms with Crippen molar-refractivity contribution in [3.05, 3.63) is 42.4 Å². The van der Waals surface area contributed by atoms with Crippen LogP contribution in [-0.4, -0.2) is 45.8 Å². The Kier molecular flexibility index (Phi) is 7.22. The molecular formula is C18H27IN6. The van der Waals surface area contributed by atoms with Gasteiger partial charge in [0.05, 0.1) is 0 Å². The summed E-state index contributed by atoms with van der Waals surface area (Å²) in [5.74, 6) is 3.22. The number of hydrogen-bond donors (Lipinski definition) is 1. The molecule has 2 atom stereocenters. The van der Waals surface area contributed by atoms with Crippen molar-refractivity contribution in [2.45, 2.75) is 26.8 Å². The molecule has 0 aliphatic carbocycles. The molecule has 1 aliphatic heterocycles. The Hall–Kier alpha value is -1.64. The minimum Gasteiger partial charge on any atom is -0.352 e. The second-order valence-corrected chi connectivity index (χ2v) is 6.72. The fraction of sp³-hybridized carbons (Fsp3) is 0.500. The van der Waals surface area contributed by atoms with E-state index < -0.39 is 0 Å². The van der Waals surface area contributed by atoms with Crippen molar-refractivity contribution >= 4 is 29.9 Å². The van der Waals surface area contributed by atoms with E-state index >= 15 is 0 Å². The highest BCUT2D eigenvalue weighted by atomic mass is 127. The Bertz CT molecular complexity index is 675. The van der Waals surface area contributed by atoms with Crippen LogP contribution in [0.1, 0.15) is 25.8 Å². The number of pyridine rings is 1. The number of guanidine groups is 1. The molecular weight excluding hydrogens is 427 g/mol. The summed E-state index contributed by atoms with van der Waals surface area (Å²) in [5, 5.41) is 7.72. The molecule has 0 spiro atoms. The SMILES string of the molecule is CN=C(NCc1ccnc(-n2cccn2)c1)N1CC(C)CC(C)C1.I. The molecule has 0 amide bonds. The monoisotopic (exact) mass is 454 g/mol. The number of nitrogens with zero attached hydrogens (tertiary/aromatic N) is 5. The van der Waals surface area contributed by atoms with Crippen LogP contribution in [0.3, 0.4) is 0 Å². The smallest absolute Gasteiger partial charge is 0.193 e. The zero-order chi connectivity index (χ0) is 16.9. The third-order valence-electron chi connectivity index (χ3n) is 4.38. The van der Waals surface area contributed by atoms with E-state index in [0.717, 1.165) is 37.0 Å². The lowest BCUT2D eigenvalue weighted by Gasteiger charge is -2.37. The normalized spacial score (nSPS) is 20.9. The largest absolute Gasteiger partial charge is 0.352 e. The predicted molar refractivity (Wildman–Crippen MR) is 111 cm³/mol. The summed E-state index contributed by atoms with van der Waals surface area (Å²) in [5.41, 5.74) is 1.16. The van der Waals surface area contributed by atoms with Gasteiger partial charge in [0.1, 0.15) is 0 Å². The van der Waals surface area contributed by atoms with Crippen LogP contribution in [0.25, 0.3) is 5.82 Å². The molecule has 1 N–H and O–H groups in total. The molecule has 0 radical (unpaired) electrons. The maximum atomic E-state index is 4.47. The summed E-state index contributed by atoms with van der Waals surface area (Å²) in [6, 6.07) is 5.97. The highest BCUT2D eigenvalue weighted by molar-refractivity contribution is 14.0. The highest BCUT2D eigenvalue weighted by Gasteiger charge is 2.23. The quantitative estimate of drug-likeness (QED) is 0.440. The molecule has 0 bridgehead atoms. The van der Waals surface area contributed by atoms with Crippen LogP contribution in [0.5, 0.6) is 0 Å². The molecule has 1 saturated heterocycles. The summed E-state index contributed by atoms with van der Waals surface area (Å²) in [6.07, 6.45) is 6.77. The molecule has 1 aliphatic rings. The number of aliphatic imine (C=N–C) groups is 1. The van der Waals surface area contributed by atoms with Crippen LogP contribution in [0.2, 0.25) is 0 Å². The zero-order valence-corrected chi connectivity index (χ0v) is 17.4. The Morgan fingerprint density at radius 1 is 1.28 bits per heavy atom. The predicted octanol–water partition coefficient (Wildman–Crippen LogP) is 2.94. The summed E-state index contributed by atoms with van der Waals surface area (Å²) < 4.78 is 1.77. The van der Waals surface area contributed by atoms with Crippen molar-refractivity contribution in [2.75, 3.05) is 20.1 Å². The highest BCUT2D eigenvalue weighted by Crippen LogP contribution is 2.20. The molecule has 2 unspecified atom stereocenters. The first-order chi connectivity index (χ1) is 11.7. The zero-order valence-electron chi connectivity index (χ0n) is 15.1. The minimum atomic E-state index is 0. The third kappa shape index (κ3) is 5.17. The average Bonchev–Trinajstić information content (AvgIpc) is 3.09. The van der Waals surface area contributed by atoms with Gasteiger partial charge in [-0.15, -0.1) is 24.0 Å². The van der Waals surface area contributed by atoms with Gasteiger partial charge < -0.3 is 10.2 Å². The van der Waals surface area contributed by atoms with Crippen molar-refractivity contribution < 1.29 is 0 Å². The van der Waals surface area contributed by atoms with E-state index in [9.17, 15) is 0 Å². The van der Waals surface area contributed by atoms with Crippen LogP contribution in [-0.2, 0) is 6.54 Å². The van der Waals surface area contributed by atoms with Gasteiger partial charge in [0.2, 0.25) is 0 Å². The number of piperidine rings is 1. The van der Waals surface area contributed by atoms with Crippen molar-refractivity contribution in [3.63, 3.8) is 0 Å². The third-order valence-corrected chi connectivity index (χ3v) is 4.38. The molecule has 1 fully saturated rings. The molecule has 2 aromatic heterocycles. The molecule has 136 valence electrons. The van der Waals surface area contributed by atoms with Gasteiger partial charge in [0.25, 0.3) is 0 Å². The standard InChI is InChI=1S/C18H26N6.HI/c1-14-9-15(2)13-23(12-14)18(19-3)21-11-16-5-7-20-17(10-16)24-8-4-6-22-24;/h4-8,10,14-15H,9,11-13H2,1-3H3,(H,19,21);1H. The maximum absolute atomic E-state index is 4.47. The average molecular weight is 454 g/mol. The second kappa shape index (κ2) is 9.17. The number of likely N-dealkylation sites (tertiary alicyclic amines) is 1. The van der Waals surface area contributed by atoms with Gasteiger partial charge in [0.15, 0.2) is 11.8 Å². The van der Waals surface area contributed by atoms with Gasteiger partial charge >= 0.3 is 0 Å². The van der Waals surface area contributed by atoms with E-state index in [2.05, 4.69) is 45.2 Å². The molecule has 3 heterocycles. The summed E-state index contributed by atoms with van der Waals surface area (Å²) in [4.78, 5) is 11.2. The van der Waals surface area contributed by atoms with Gasteiger partial charge in [-0.1, -0.05) is 13.8 Å². The fourth-order valence-electron chi connectivity index (χ4n) is 3.45. The molecule has 6 nitrogen and oxygen atoms in total. The second-order valence-electron chi connectivity index (χ2n) is 6.72. The number of rotatable bonds is 3. The molecule has 3 rings (SSSR count). The van der Waals surface area contributed by atoms with Crippen molar-refractivity contribution in [1.82, 2.24) is 25.0 Å². The van der Waals surface area contributed by atoms with Crippen molar-refractivity contribution in [1.29, 1.82) is 0 Å². The summed E-state index contributed by atoms with van der Waals surface area (Å²) >= 11 is 0. The lowest BCUT2D eigenvalue weighted by molar-refractivity contribution is 0.208. The maximum Gasteiger partial charge on any atom is 0.193 e. The fourth-order valence-corrected chi connectivity index (χ4v) is 3.45. The minimum absolute atomic E-state index is 0. The van der Waals surface area contributed by atoms with Gasteiger partial charge in [-0.25, -0.2) is 9.67 Å². The molecule has 7 heteroatoms. The van der Waals surface area contributed by atoms with Crippen LogP contribution >= 0.6 is 24.0 Å². The van der Waals surface area contributed by atoms with Crippen LogP contribution < -0.4 is 5.32 Å². The van der Waals surface area contributed by atoms with Gasteiger partial charge in [-0.05, 0) is 42.0 Å². The topological polar surface area (TPSA) is 58.3 Å². The van der Waals surface area contributed by atoms with E-state index in [1.54, 1.807) is 10.9 Å². The van der Waals surface area contributed by atoms with E-state index in [0.29, 0.717) is 11.8 Å². The lowest BCUT2D eigenvalue weighted by atomic mass is 9.92. The Morgan fingerprint density at radius 3 is 2.68 bits per heavy atom. The number of nitrogens with one attached hydrogen (secondary N) is 1. The molecule has 0 saturated carbocycles. The number of hydrogen-bond acceptors (Lipinski definition) is 3. The summed E-state index contributed by atoms with van der Waals surface area (Å²) in [7, 11) is 1.86. The Morgan fingerprint density at radius 2 is 2.04 bits per heavy atom.